The molecular formula is C19H34N2O5. The van der Waals surface area contributed by atoms with E-state index in [0.717, 1.165) is 12.8 Å². The highest BCUT2D eigenvalue weighted by molar-refractivity contribution is 5.73. The number of carbonyl (C=O) groups excluding carboxylic acids is 2. The zero-order valence-corrected chi connectivity index (χ0v) is 16.9. The number of amides is 1. The Hall–Kier alpha value is -1.34. The summed E-state index contributed by atoms with van der Waals surface area (Å²) in [5.41, 5.74) is 1.41. The summed E-state index contributed by atoms with van der Waals surface area (Å²) in [6.45, 7) is 11.4. The van der Waals surface area contributed by atoms with Gasteiger partial charge in [-0.1, -0.05) is 0 Å². The summed E-state index contributed by atoms with van der Waals surface area (Å²) in [4.78, 5) is 24.5. The number of β-amino-alcohol motifs (C(OH)–C–C–N with tert-alkyl or cyclic N) is 1. The van der Waals surface area contributed by atoms with Gasteiger partial charge in [0, 0.05) is 12.1 Å². The van der Waals surface area contributed by atoms with Gasteiger partial charge in [-0.25, -0.2) is 9.80 Å². The molecule has 1 atom stereocenters. The van der Waals surface area contributed by atoms with Crippen molar-refractivity contribution < 1.29 is 24.2 Å². The number of hydrazine groups is 1. The van der Waals surface area contributed by atoms with Crippen LogP contribution in [0.25, 0.3) is 0 Å². The molecule has 0 aromatic heterocycles. The van der Waals surface area contributed by atoms with Gasteiger partial charge in [0.1, 0.15) is 11.2 Å². The maximum atomic E-state index is 12.3. The number of ether oxygens (including phenoxy) is 2. The molecule has 1 saturated heterocycles. The molecule has 0 aromatic rings. The summed E-state index contributed by atoms with van der Waals surface area (Å²) in [6, 6.07) is 0. The monoisotopic (exact) mass is 370 g/mol. The van der Waals surface area contributed by atoms with Gasteiger partial charge in [0.25, 0.3) is 0 Å². The molecule has 150 valence electrons. The fourth-order valence-corrected chi connectivity index (χ4v) is 3.84. The van der Waals surface area contributed by atoms with Crippen molar-refractivity contribution in [2.24, 2.45) is 5.92 Å². The Balaban J connectivity index is 1.98. The highest BCUT2D eigenvalue weighted by Gasteiger charge is 2.49. The van der Waals surface area contributed by atoms with Crippen molar-refractivity contribution in [1.29, 1.82) is 0 Å². The number of nitrogens with one attached hydrogen (secondary N) is 1. The van der Waals surface area contributed by atoms with Gasteiger partial charge in [-0.2, -0.15) is 0 Å². The van der Waals surface area contributed by atoms with E-state index in [1.54, 1.807) is 0 Å². The Kier molecular flexibility index (Phi) is 5.93. The number of nitrogens with zero attached hydrogens (tertiary/aromatic N) is 1. The van der Waals surface area contributed by atoms with E-state index in [1.165, 1.54) is 0 Å². The highest BCUT2D eigenvalue weighted by atomic mass is 16.6. The maximum absolute atomic E-state index is 12.3. The third kappa shape index (κ3) is 5.58. The summed E-state index contributed by atoms with van der Waals surface area (Å²) in [6.07, 6.45) is 2.41. The molecule has 1 amide bonds. The van der Waals surface area contributed by atoms with E-state index in [1.807, 2.05) is 46.6 Å². The lowest BCUT2D eigenvalue weighted by atomic mass is 9.75. The molecule has 2 aliphatic rings. The Morgan fingerprint density at radius 1 is 1.04 bits per heavy atom. The molecule has 1 heterocycles. The van der Waals surface area contributed by atoms with Crippen LogP contribution in [0.5, 0.6) is 0 Å². The molecule has 7 nitrogen and oxygen atoms in total. The van der Waals surface area contributed by atoms with Crippen LogP contribution in [0.2, 0.25) is 0 Å². The first-order valence-electron chi connectivity index (χ1n) is 9.48. The van der Waals surface area contributed by atoms with Crippen LogP contribution in [0.15, 0.2) is 0 Å². The van der Waals surface area contributed by atoms with Crippen LogP contribution in [-0.4, -0.2) is 51.6 Å². The van der Waals surface area contributed by atoms with Crippen LogP contribution >= 0.6 is 0 Å². The van der Waals surface area contributed by atoms with Crippen molar-refractivity contribution in [3.8, 4) is 0 Å². The topological polar surface area (TPSA) is 88.1 Å². The van der Waals surface area contributed by atoms with Crippen LogP contribution in [0.3, 0.4) is 0 Å². The molecular weight excluding hydrogens is 336 g/mol. The lowest BCUT2D eigenvalue weighted by Crippen LogP contribution is -2.56. The molecule has 1 saturated carbocycles. The van der Waals surface area contributed by atoms with Crippen molar-refractivity contribution in [2.75, 3.05) is 6.54 Å². The zero-order valence-electron chi connectivity index (χ0n) is 16.9. The normalized spacial score (nSPS) is 30.3. The van der Waals surface area contributed by atoms with Crippen LogP contribution in [0.4, 0.5) is 4.79 Å². The van der Waals surface area contributed by atoms with Crippen molar-refractivity contribution in [2.45, 2.75) is 96.5 Å². The second-order valence-corrected chi connectivity index (χ2v) is 9.61. The van der Waals surface area contributed by atoms with E-state index in [-0.39, 0.29) is 17.4 Å². The second-order valence-electron chi connectivity index (χ2n) is 9.61. The zero-order chi connectivity index (χ0) is 19.8. The Labute approximate surface area is 156 Å². The molecule has 0 radical (unpaired) electrons. The largest absolute Gasteiger partial charge is 0.460 e. The number of aliphatic hydroxyl groups is 1. The van der Waals surface area contributed by atoms with E-state index in [2.05, 4.69) is 5.43 Å². The molecule has 1 aliphatic heterocycles. The molecule has 26 heavy (non-hydrogen) atoms. The fourth-order valence-electron chi connectivity index (χ4n) is 3.84. The molecule has 2 fully saturated rings. The molecule has 1 unspecified atom stereocenters. The van der Waals surface area contributed by atoms with Crippen LogP contribution in [0.1, 0.15) is 73.6 Å². The van der Waals surface area contributed by atoms with Crippen LogP contribution in [-0.2, 0) is 14.3 Å². The molecule has 1 aliphatic carbocycles. The minimum Gasteiger partial charge on any atom is -0.460 e. The first kappa shape index (κ1) is 21.0. The first-order chi connectivity index (χ1) is 11.8. The van der Waals surface area contributed by atoms with Gasteiger partial charge in [-0.15, -0.1) is 0 Å². The number of hydrogen-bond donors (Lipinski definition) is 2. The summed E-state index contributed by atoms with van der Waals surface area (Å²) < 4.78 is 10.8. The van der Waals surface area contributed by atoms with Gasteiger partial charge in [0.2, 0.25) is 0 Å². The highest BCUT2D eigenvalue weighted by Crippen LogP contribution is 2.43. The molecule has 0 bridgehead atoms. The van der Waals surface area contributed by atoms with Crippen molar-refractivity contribution in [3.63, 3.8) is 0 Å². The third-order valence-electron chi connectivity index (χ3n) is 4.86. The maximum Gasteiger partial charge on any atom is 0.422 e. The Bertz CT molecular complexity index is 527. The lowest BCUT2D eigenvalue weighted by Gasteiger charge is -2.43. The van der Waals surface area contributed by atoms with Crippen molar-refractivity contribution in [3.05, 3.63) is 0 Å². The van der Waals surface area contributed by atoms with Crippen molar-refractivity contribution >= 4 is 12.1 Å². The molecule has 2 N–H and O–H groups in total. The minimum atomic E-state index is -0.579. The van der Waals surface area contributed by atoms with E-state index in [0.29, 0.717) is 25.8 Å². The smallest absolute Gasteiger partial charge is 0.422 e. The average molecular weight is 370 g/mol. The predicted molar refractivity (Wildman–Crippen MR) is 97.2 cm³/mol. The van der Waals surface area contributed by atoms with E-state index in [9.17, 15) is 14.7 Å². The fraction of sp³-hybridized carbons (Fsp3) is 0.895. The number of rotatable bonds is 2. The summed E-state index contributed by atoms with van der Waals surface area (Å²) >= 11 is 0. The number of hydrogen-bond acceptors (Lipinski definition) is 6. The predicted octanol–water partition coefficient (Wildman–Crippen LogP) is 2.76. The summed E-state index contributed by atoms with van der Waals surface area (Å²) in [7, 11) is 0. The quantitative estimate of drug-likeness (QED) is 0.727. The van der Waals surface area contributed by atoms with Crippen LogP contribution < -0.4 is 5.43 Å². The van der Waals surface area contributed by atoms with Gasteiger partial charge in [0.05, 0.1) is 12.0 Å². The summed E-state index contributed by atoms with van der Waals surface area (Å²) in [5.74, 6) is -0.279. The van der Waals surface area contributed by atoms with Gasteiger partial charge >= 0.3 is 12.1 Å². The van der Waals surface area contributed by atoms with Gasteiger partial charge < -0.3 is 14.6 Å². The molecule has 1 spiro atoms. The number of aliphatic hydroxyl groups excluding tert-OH is 1. The average Bonchev–Trinajstić information content (AvgIpc) is 2.71. The number of carbonyl (C=O) groups is 2. The molecule has 2 rings (SSSR count). The van der Waals surface area contributed by atoms with Crippen molar-refractivity contribution in [1.82, 2.24) is 10.4 Å². The first-order valence-corrected chi connectivity index (χ1v) is 9.48. The Morgan fingerprint density at radius 2 is 1.58 bits per heavy atom. The van der Waals surface area contributed by atoms with Crippen LogP contribution in [0, 0.1) is 5.92 Å². The minimum absolute atomic E-state index is 0.124. The second kappa shape index (κ2) is 7.35. The van der Waals surface area contributed by atoms with E-state index in [4.69, 9.17) is 9.47 Å². The third-order valence-corrected chi connectivity index (χ3v) is 4.86. The summed E-state index contributed by atoms with van der Waals surface area (Å²) in [5, 5.41) is 12.0. The van der Waals surface area contributed by atoms with Gasteiger partial charge in [-0.3, -0.25) is 10.2 Å². The molecule has 7 heteroatoms. The van der Waals surface area contributed by atoms with E-state index < -0.39 is 23.4 Å². The number of esters is 1. The standard InChI is InChI=1S/C19H34N2O5/c1-17(2,3)25-15(23)13-7-9-19(10-8-13)11-14(22)12-21(19)20-16(24)26-18(4,5)6/h13-14,22H,7-12H2,1-6H3,(H,20,24). The molecule has 0 aromatic carbocycles. The Morgan fingerprint density at radius 3 is 2.08 bits per heavy atom. The lowest BCUT2D eigenvalue weighted by molar-refractivity contribution is -0.162. The van der Waals surface area contributed by atoms with Gasteiger partial charge in [0.15, 0.2) is 0 Å². The van der Waals surface area contributed by atoms with E-state index >= 15 is 0 Å². The van der Waals surface area contributed by atoms with Gasteiger partial charge in [-0.05, 0) is 73.6 Å². The SMILES string of the molecule is CC(C)(C)OC(=O)NN1CC(O)CC12CCC(C(=O)OC(C)(C)C)CC2.